The van der Waals surface area contributed by atoms with Gasteiger partial charge in [-0.1, -0.05) is 141 Å². The Morgan fingerprint density at radius 1 is 0.457 bits per heavy atom. The Bertz CT molecular complexity index is 840. The molecule has 0 atom stereocenters. The van der Waals surface area contributed by atoms with Crippen molar-refractivity contribution in [3.8, 4) is 0 Å². The molecular formula is C33H43IP+. The van der Waals surface area contributed by atoms with E-state index in [-0.39, 0.29) is 0 Å². The summed E-state index contributed by atoms with van der Waals surface area (Å²) in [4.78, 5) is 0. The lowest BCUT2D eigenvalue weighted by molar-refractivity contribution is 0.559. The molecule has 0 heterocycles. The highest BCUT2D eigenvalue weighted by atomic mass is 127. The lowest BCUT2D eigenvalue weighted by Gasteiger charge is -2.26. The van der Waals surface area contributed by atoms with Crippen LogP contribution in [0.3, 0.4) is 0 Å². The summed E-state index contributed by atoms with van der Waals surface area (Å²) >= 11 is 2.49. The van der Waals surface area contributed by atoms with Crippen molar-refractivity contribution in [2.45, 2.75) is 70.6 Å². The highest BCUT2D eigenvalue weighted by Crippen LogP contribution is 2.55. The summed E-state index contributed by atoms with van der Waals surface area (Å²) in [6, 6.07) is 33.6. The third-order valence-electron chi connectivity index (χ3n) is 6.89. The van der Waals surface area contributed by atoms with Crippen molar-refractivity contribution in [3.05, 3.63) is 103 Å². The van der Waals surface area contributed by atoms with E-state index in [1.807, 2.05) is 0 Å². The van der Waals surface area contributed by atoms with E-state index in [1.165, 1.54) is 91.0 Å². The number of rotatable bonds is 17. The van der Waals surface area contributed by atoms with Gasteiger partial charge in [0.15, 0.2) is 0 Å². The molecule has 3 aromatic carbocycles. The highest BCUT2D eigenvalue weighted by molar-refractivity contribution is 14.1. The van der Waals surface area contributed by atoms with Gasteiger partial charge < -0.3 is 0 Å². The molecule has 0 aliphatic rings. The largest absolute Gasteiger partial charge is 0.115 e. The monoisotopic (exact) mass is 597 g/mol. The van der Waals surface area contributed by atoms with E-state index in [2.05, 4.69) is 126 Å². The third-order valence-corrected chi connectivity index (χ3v) is 12.0. The van der Waals surface area contributed by atoms with Gasteiger partial charge in [0.25, 0.3) is 0 Å². The first-order valence-electron chi connectivity index (χ1n) is 13.6. The molecule has 0 saturated heterocycles. The van der Waals surface area contributed by atoms with Gasteiger partial charge >= 0.3 is 0 Å². The lowest BCUT2D eigenvalue weighted by atomic mass is 10.1. The summed E-state index contributed by atoms with van der Waals surface area (Å²) in [5.41, 5.74) is 0. The maximum atomic E-state index is 2.49. The summed E-state index contributed by atoms with van der Waals surface area (Å²) in [5, 5.41) is 4.41. The van der Waals surface area contributed by atoms with Gasteiger partial charge in [-0.25, -0.2) is 0 Å². The maximum absolute atomic E-state index is 2.49. The molecule has 0 aliphatic carbocycles. The Morgan fingerprint density at radius 3 is 1.23 bits per heavy atom. The van der Waals surface area contributed by atoms with E-state index in [4.69, 9.17) is 0 Å². The first-order valence-corrected chi connectivity index (χ1v) is 17.1. The van der Waals surface area contributed by atoms with Crippen LogP contribution in [0.25, 0.3) is 0 Å². The standard InChI is InChI=1S/C33H43IP/c34-29-21-10-8-6-4-2-1-3-5-7-9-11-22-30-35(31-23-15-12-16-24-31,32-25-17-13-18-26-32)33-27-19-14-20-28-33/h11-20,22-28H,1-10,21,29-30H2/q+1. The van der Waals surface area contributed by atoms with E-state index in [1.54, 1.807) is 0 Å². The number of benzene rings is 3. The summed E-state index contributed by atoms with van der Waals surface area (Å²) in [6.07, 6.45) is 21.3. The van der Waals surface area contributed by atoms with E-state index in [0.29, 0.717) is 0 Å². The summed E-state index contributed by atoms with van der Waals surface area (Å²) in [6.45, 7) is 0. The summed E-state index contributed by atoms with van der Waals surface area (Å²) < 4.78 is 1.32. The number of hydrogen-bond acceptors (Lipinski definition) is 0. The topological polar surface area (TPSA) is 0 Å². The normalized spacial score (nSPS) is 11.8. The number of halogens is 1. The van der Waals surface area contributed by atoms with Crippen molar-refractivity contribution in [1.82, 2.24) is 0 Å². The molecule has 0 amide bonds. The predicted octanol–water partition coefficient (Wildman–Crippen LogP) is 9.26. The zero-order valence-electron chi connectivity index (χ0n) is 21.3. The minimum Gasteiger partial charge on any atom is -0.0864 e. The van der Waals surface area contributed by atoms with E-state index >= 15 is 0 Å². The van der Waals surface area contributed by atoms with Crippen LogP contribution in [0.4, 0.5) is 0 Å². The molecule has 3 rings (SSSR count). The Balaban J connectivity index is 1.55. The molecule has 186 valence electrons. The smallest absolute Gasteiger partial charge is 0.0864 e. The van der Waals surface area contributed by atoms with Crippen molar-refractivity contribution in [1.29, 1.82) is 0 Å². The average molecular weight is 598 g/mol. The molecule has 0 fully saturated rings. The molecule has 0 bridgehead atoms. The molecule has 0 spiro atoms. The molecule has 3 aromatic rings. The highest BCUT2D eigenvalue weighted by Gasteiger charge is 2.43. The van der Waals surface area contributed by atoms with E-state index in [9.17, 15) is 0 Å². The van der Waals surface area contributed by atoms with Crippen LogP contribution in [0.2, 0.25) is 0 Å². The number of alkyl halides is 1. The summed E-state index contributed by atoms with van der Waals surface area (Å²) in [5.74, 6) is 0. The van der Waals surface area contributed by atoms with Gasteiger partial charge in [-0.2, -0.15) is 0 Å². The van der Waals surface area contributed by atoms with Crippen LogP contribution in [0, 0.1) is 0 Å². The molecule has 0 aromatic heterocycles. The lowest BCUT2D eigenvalue weighted by Crippen LogP contribution is -2.32. The second kappa shape index (κ2) is 17.1. The molecule has 2 heteroatoms. The molecule has 0 aliphatic heterocycles. The van der Waals surface area contributed by atoms with Crippen molar-refractivity contribution < 1.29 is 0 Å². The second-order valence-corrected chi connectivity index (χ2v) is 14.1. The average Bonchev–Trinajstić information content (AvgIpc) is 2.93. The van der Waals surface area contributed by atoms with Crippen LogP contribution in [-0.4, -0.2) is 10.6 Å². The fourth-order valence-corrected chi connectivity index (χ4v) is 9.51. The molecule has 0 nitrogen and oxygen atoms in total. The molecule has 0 unspecified atom stereocenters. The van der Waals surface area contributed by atoms with Crippen LogP contribution in [0.5, 0.6) is 0 Å². The van der Waals surface area contributed by atoms with Crippen LogP contribution in [0.15, 0.2) is 103 Å². The molecule has 0 N–H and O–H groups in total. The van der Waals surface area contributed by atoms with Gasteiger partial charge in [-0.3, -0.25) is 0 Å². The van der Waals surface area contributed by atoms with Crippen molar-refractivity contribution in [2.24, 2.45) is 0 Å². The number of unbranched alkanes of at least 4 members (excludes halogenated alkanes) is 10. The maximum Gasteiger partial charge on any atom is 0.115 e. The van der Waals surface area contributed by atoms with Crippen LogP contribution in [-0.2, 0) is 0 Å². The third kappa shape index (κ3) is 9.18. The first-order chi connectivity index (χ1) is 17.4. The molecule has 35 heavy (non-hydrogen) atoms. The van der Waals surface area contributed by atoms with Crippen LogP contribution < -0.4 is 15.9 Å². The Labute approximate surface area is 229 Å². The van der Waals surface area contributed by atoms with Gasteiger partial charge in [0.2, 0.25) is 0 Å². The molecular weight excluding hydrogens is 554 g/mol. The first kappa shape index (κ1) is 28.1. The van der Waals surface area contributed by atoms with Crippen LogP contribution >= 0.6 is 29.9 Å². The Morgan fingerprint density at radius 2 is 0.829 bits per heavy atom. The Kier molecular flexibility index (Phi) is 13.7. The van der Waals surface area contributed by atoms with Gasteiger partial charge in [-0.05, 0) is 60.1 Å². The van der Waals surface area contributed by atoms with Gasteiger partial charge in [0.05, 0.1) is 6.16 Å². The number of allylic oxidation sites excluding steroid dienone is 2. The minimum absolute atomic E-state index is 1.09. The zero-order valence-corrected chi connectivity index (χ0v) is 24.4. The quantitative estimate of drug-likeness (QED) is 0.0479. The fraction of sp³-hybridized carbons (Fsp3) is 0.394. The molecule has 0 radical (unpaired) electrons. The van der Waals surface area contributed by atoms with Crippen molar-refractivity contribution in [3.63, 3.8) is 0 Å². The van der Waals surface area contributed by atoms with Gasteiger partial charge in [-0.15, -0.1) is 0 Å². The van der Waals surface area contributed by atoms with Crippen LogP contribution in [0.1, 0.15) is 70.6 Å². The molecule has 0 saturated carbocycles. The van der Waals surface area contributed by atoms with E-state index in [0.717, 1.165) is 6.16 Å². The Hall–Kier alpha value is -1.44. The predicted molar refractivity (Wildman–Crippen MR) is 169 cm³/mol. The number of hydrogen-bond donors (Lipinski definition) is 0. The van der Waals surface area contributed by atoms with Gasteiger partial charge in [0, 0.05) is 0 Å². The van der Waals surface area contributed by atoms with Gasteiger partial charge in [0.1, 0.15) is 23.2 Å². The van der Waals surface area contributed by atoms with Crippen molar-refractivity contribution >= 4 is 45.8 Å². The SMILES string of the molecule is ICCCCCCCCCCCCC=CC[P+](c1ccccc1)(c1ccccc1)c1ccccc1. The minimum atomic E-state index is -1.72. The fourth-order valence-electron chi connectivity index (χ4n) is 4.93. The zero-order chi connectivity index (χ0) is 24.4. The van der Waals surface area contributed by atoms with Crippen molar-refractivity contribution in [2.75, 3.05) is 10.6 Å². The summed E-state index contributed by atoms with van der Waals surface area (Å²) in [7, 11) is -1.72. The second-order valence-electron chi connectivity index (χ2n) is 9.48. The van der Waals surface area contributed by atoms with E-state index < -0.39 is 7.26 Å².